The molecular formula is C27H34N4O9. The Kier molecular flexibility index (Phi) is 12.0. The first kappa shape index (κ1) is 31.7. The fourth-order valence-electron chi connectivity index (χ4n) is 3.74. The van der Waals surface area contributed by atoms with E-state index in [9.17, 15) is 39.3 Å². The van der Waals surface area contributed by atoms with Gasteiger partial charge in [0.1, 0.15) is 23.9 Å². The molecule has 216 valence electrons. The number of nitrogens with one attached hydrogen (secondary N) is 3. The number of nitrogens with two attached hydrogens (primary N) is 1. The molecule has 2 rings (SSSR count). The number of aromatic hydroxyl groups is 1. The number of benzene rings is 2. The van der Waals surface area contributed by atoms with Crippen molar-refractivity contribution in [2.24, 2.45) is 5.73 Å². The van der Waals surface area contributed by atoms with E-state index in [1.807, 2.05) is 0 Å². The molecule has 9 N–H and O–H groups in total. The van der Waals surface area contributed by atoms with Gasteiger partial charge in [0, 0.05) is 19.3 Å². The zero-order valence-electron chi connectivity index (χ0n) is 21.8. The number of carboxylic acids is 2. The summed E-state index contributed by atoms with van der Waals surface area (Å²) in [4.78, 5) is 61.5. The van der Waals surface area contributed by atoms with Crippen molar-refractivity contribution in [2.45, 2.75) is 62.9 Å². The second-order valence-electron chi connectivity index (χ2n) is 9.29. The quantitative estimate of drug-likeness (QED) is 0.137. The Bertz CT molecular complexity index is 1170. The third kappa shape index (κ3) is 10.3. The second kappa shape index (κ2) is 15.2. The Morgan fingerprint density at radius 2 is 1.32 bits per heavy atom. The van der Waals surface area contributed by atoms with Crippen molar-refractivity contribution in [3.63, 3.8) is 0 Å². The number of carbonyl (C=O) groups is 5. The smallest absolute Gasteiger partial charge is 0.326 e. The first-order chi connectivity index (χ1) is 18.9. The van der Waals surface area contributed by atoms with Crippen LogP contribution in [0, 0.1) is 0 Å². The zero-order chi connectivity index (χ0) is 29.8. The van der Waals surface area contributed by atoms with Crippen LogP contribution in [0.1, 0.15) is 30.9 Å². The highest BCUT2D eigenvalue weighted by Gasteiger charge is 2.32. The highest BCUT2D eigenvalue weighted by atomic mass is 16.4. The summed E-state index contributed by atoms with van der Waals surface area (Å²) in [5.41, 5.74) is 6.87. The summed E-state index contributed by atoms with van der Waals surface area (Å²) in [7, 11) is 0. The van der Waals surface area contributed by atoms with Gasteiger partial charge in [-0.05, 0) is 36.6 Å². The van der Waals surface area contributed by atoms with Gasteiger partial charge < -0.3 is 42.1 Å². The molecule has 13 heteroatoms. The molecule has 0 spiro atoms. The standard InChI is InChI=1S/C27H34N4O9/c1-15(32)23(31-24(36)19(28)11-12-22(34)35)26(38)29-20(13-17-7-9-18(33)10-8-17)25(37)30-21(27(39)40)14-16-5-3-2-4-6-16/h2-10,15,19-21,23,32-33H,11-14,28H2,1H3,(H,29,38)(H,30,37)(H,31,36)(H,34,35)(H,39,40). The van der Waals surface area contributed by atoms with Crippen LogP contribution in [-0.4, -0.2) is 80.4 Å². The largest absolute Gasteiger partial charge is 0.508 e. The Hall–Kier alpha value is -4.49. The highest BCUT2D eigenvalue weighted by Crippen LogP contribution is 2.12. The van der Waals surface area contributed by atoms with Crippen LogP contribution in [0.5, 0.6) is 5.75 Å². The number of rotatable bonds is 15. The van der Waals surface area contributed by atoms with Gasteiger partial charge >= 0.3 is 11.9 Å². The molecule has 5 unspecified atom stereocenters. The average molecular weight is 559 g/mol. The maximum Gasteiger partial charge on any atom is 0.326 e. The predicted octanol–water partition coefficient (Wildman–Crippen LogP) is -0.711. The van der Waals surface area contributed by atoms with Gasteiger partial charge in [0.05, 0.1) is 12.1 Å². The molecule has 0 aliphatic carbocycles. The Labute approximate surface area is 230 Å². The van der Waals surface area contributed by atoms with Gasteiger partial charge in [-0.25, -0.2) is 4.79 Å². The topological polar surface area (TPSA) is 228 Å². The maximum atomic E-state index is 13.3. The van der Waals surface area contributed by atoms with Crippen LogP contribution in [0.15, 0.2) is 54.6 Å². The van der Waals surface area contributed by atoms with Crippen LogP contribution >= 0.6 is 0 Å². The summed E-state index contributed by atoms with van der Waals surface area (Å²) in [5.74, 6) is -5.16. The number of aliphatic carboxylic acids is 2. The summed E-state index contributed by atoms with van der Waals surface area (Å²) in [6.07, 6.45) is -2.17. The molecule has 0 saturated carbocycles. The van der Waals surface area contributed by atoms with Crippen molar-refractivity contribution in [2.75, 3.05) is 0 Å². The van der Waals surface area contributed by atoms with Crippen molar-refractivity contribution in [1.82, 2.24) is 16.0 Å². The van der Waals surface area contributed by atoms with Crippen LogP contribution in [-0.2, 0) is 36.8 Å². The minimum Gasteiger partial charge on any atom is -0.508 e. The van der Waals surface area contributed by atoms with Gasteiger partial charge in [0.15, 0.2) is 0 Å². The van der Waals surface area contributed by atoms with Gasteiger partial charge in [-0.15, -0.1) is 0 Å². The van der Waals surface area contributed by atoms with E-state index in [0.29, 0.717) is 11.1 Å². The van der Waals surface area contributed by atoms with E-state index in [4.69, 9.17) is 10.8 Å². The molecule has 5 atom stereocenters. The van der Waals surface area contributed by atoms with Crippen LogP contribution < -0.4 is 21.7 Å². The lowest BCUT2D eigenvalue weighted by Gasteiger charge is -2.26. The number of phenols is 1. The maximum absolute atomic E-state index is 13.3. The lowest BCUT2D eigenvalue weighted by molar-refractivity contribution is -0.142. The number of carbonyl (C=O) groups excluding carboxylic acids is 3. The summed E-state index contributed by atoms with van der Waals surface area (Å²) in [5, 5.41) is 45.4. The lowest BCUT2D eigenvalue weighted by atomic mass is 10.0. The third-order valence-electron chi connectivity index (χ3n) is 5.97. The monoisotopic (exact) mass is 558 g/mol. The number of carboxylic acid groups (broad SMARTS) is 2. The molecule has 0 heterocycles. The molecule has 13 nitrogen and oxygen atoms in total. The van der Waals surface area contributed by atoms with E-state index in [1.165, 1.54) is 31.2 Å². The van der Waals surface area contributed by atoms with Crippen LogP contribution in [0.4, 0.5) is 0 Å². The summed E-state index contributed by atoms with van der Waals surface area (Å²) in [6, 6.07) is 8.89. The normalized spacial score (nSPS) is 14.6. The van der Waals surface area contributed by atoms with E-state index in [1.54, 1.807) is 30.3 Å². The zero-order valence-corrected chi connectivity index (χ0v) is 21.8. The number of phenolic OH excluding ortho intramolecular Hbond substituents is 1. The lowest BCUT2D eigenvalue weighted by Crippen LogP contribution is -2.60. The van der Waals surface area contributed by atoms with Crippen molar-refractivity contribution < 1.29 is 44.4 Å². The van der Waals surface area contributed by atoms with Crippen LogP contribution in [0.2, 0.25) is 0 Å². The molecule has 2 aromatic rings. The fourth-order valence-corrected chi connectivity index (χ4v) is 3.74. The molecule has 0 aliphatic rings. The number of hydrogen-bond donors (Lipinski definition) is 8. The van der Waals surface area contributed by atoms with Gasteiger partial charge in [-0.3, -0.25) is 19.2 Å². The third-order valence-corrected chi connectivity index (χ3v) is 5.97. The van der Waals surface area contributed by atoms with E-state index < -0.39 is 59.9 Å². The first-order valence-corrected chi connectivity index (χ1v) is 12.5. The van der Waals surface area contributed by atoms with Crippen molar-refractivity contribution in [1.29, 1.82) is 0 Å². The Morgan fingerprint density at radius 3 is 1.88 bits per heavy atom. The second-order valence-corrected chi connectivity index (χ2v) is 9.29. The molecule has 2 aromatic carbocycles. The molecule has 0 bridgehead atoms. The van der Waals surface area contributed by atoms with E-state index >= 15 is 0 Å². The minimum atomic E-state index is -1.56. The van der Waals surface area contributed by atoms with Crippen molar-refractivity contribution >= 4 is 29.7 Å². The van der Waals surface area contributed by atoms with Gasteiger partial charge in [0.25, 0.3) is 0 Å². The predicted molar refractivity (Wildman–Crippen MR) is 142 cm³/mol. The van der Waals surface area contributed by atoms with E-state index in [0.717, 1.165) is 0 Å². The number of hydrogen-bond acceptors (Lipinski definition) is 8. The molecular weight excluding hydrogens is 524 g/mol. The Balaban J connectivity index is 2.23. The van der Waals surface area contributed by atoms with Gasteiger partial charge in [-0.2, -0.15) is 0 Å². The fraction of sp³-hybridized carbons (Fsp3) is 0.370. The Morgan fingerprint density at radius 1 is 0.775 bits per heavy atom. The van der Waals surface area contributed by atoms with Crippen LogP contribution in [0.3, 0.4) is 0 Å². The van der Waals surface area contributed by atoms with Crippen molar-refractivity contribution in [3.05, 3.63) is 65.7 Å². The van der Waals surface area contributed by atoms with Crippen LogP contribution in [0.25, 0.3) is 0 Å². The molecule has 0 radical (unpaired) electrons. The van der Waals surface area contributed by atoms with Gasteiger partial charge in [-0.1, -0.05) is 42.5 Å². The SMILES string of the molecule is CC(O)C(NC(=O)C(N)CCC(=O)O)C(=O)NC(Cc1ccc(O)cc1)C(=O)NC(Cc1ccccc1)C(=O)O. The molecule has 40 heavy (non-hydrogen) atoms. The minimum absolute atomic E-state index is 0.0254. The number of aliphatic hydroxyl groups is 1. The van der Waals surface area contributed by atoms with E-state index in [2.05, 4.69) is 16.0 Å². The van der Waals surface area contributed by atoms with E-state index in [-0.39, 0.29) is 31.4 Å². The summed E-state index contributed by atoms with van der Waals surface area (Å²) < 4.78 is 0. The summed E-state index contributed by atoms with van der Waals surface area (Å²) in [6.45, 7) is 1.22. The first-order valence-electron chi connectivity index (χ1n) is 12.5. The molecule has 0 aromatic heterocycles. The highest BCUT2D eigenvalue weighted by molar-refractivity contribution is 5.94. The van der Waals surface area contributed by atoms with Crippen molar-refractivity contribution in [3.8, 4) is 5.75 Å². The molecule has 3 amide bonds. The molecule has 0 aliphatic heterocycles. The average Bonchev–Trinajstić information content (AvgIpc) is 2.90. The summed E-state index contributed by atoms with van der Waals surface area (Å²) >= 11 is 0. The number of amides is 3. The molecule has 0 fully saturated rings. The molecule has 0 saturated heterocycles. The van der Waals surface area contributed by atoms with Gasteiger partial charge in [0.2, 0.25) is 17.7 Å². The number of aliphatic hydroxyl groups excluding tert-OH is 1.